The Hall–Kier alpha value is -1.52. The first-order valence-electron chi connectivity index (χ1n) is 6.57. The van der Waals surface area contributed by atoms with E-state index in [1.807, 2.05) is 31.2 Å². The molecular formula is C15H20N2O2. The molecule has 4 nitrogen and oxygen atoms in total. The Balaban J connectivity index is 2.51. The lowest BCUT2D eigenvalue weighted by molar-refractivity contribution is -0.132. The SMILES string of the molecule is Cc1ccc(C2(C(C)C)NCNC2C(=O)C=O)cc1. The Morgan fingerprint density at radius 3 is 2.53 bits per heavy atom. The van der Waals surface area contributed by atoms with Gasteiger partial charge in [-0.25, -0.2) is 0 Å². The first kappa shape index (κ1) is 13.9. The lowest BCUT2D eigenvalue weighted by atomic mass is 9.74. The van der Waals surface area contributed by atoms with Gasteiger partial charge in [0.2, 0.25) is 5.78 Å². The van der Waals surface area contributed by atoms with E-state index in [4.69, 9.17) is 0 Å². The van der Waals surface area contributed by atoms with E-state index in [0.717, 1.165) is 5.56 Å². The number of carbonyl (C=O) groups excluding carboxylic acids is 2. The summed E-state index contributed by atoms with van der Waals surface area (Å²) in [6.07, 6.45) is 0.413. The van der Waals surface area contributed by atoms with Crippen LogP contribution in [0.5, 0.6) is 0 Å². The third-order valence-corrected chi connectivity index (χ3v) is 3.98. The Morgan fingerprint density at radius 2 is 2.00 bits per heavy atom. The molecule has 2 unspecified atom stereocenters. The molecule has 1 aromatic rings. The first-order valence-corrected chi connectivity index (χ1v) is 6.57. The number of Topliss-reactive ketones (excluding diaryl/α,β-unsaturated/α-hetero) is 1. The summed E-state index contributed by atoms with van der Waals surface area (Å²) in [5.41, 5.74) is 1.69. The second kappa shape index (κ2) is 5.23. The van der Waals surface area contributed by atoms with E-state index < -0.39 is 17.4 Å². The van der Waals surface area contributed by atoms with E-state index in [9.17, 15) is 9.59 Å². The van der Waals surface area contributed by atoms with Gasteiger partial charge in [0, 0.05) is 6.67 Å². The van der Waals surface area contributed by atoms with E-state index in [0.29, 0.717) is 13.0 Å². The minimum Gasteiger partial charge on any atom is -0.295 e. The Morgan fingerprint density at radius 1 is 1.37 bits per heavy atom. The maximum atomic E-state index is 11.9. The molecule has 1 aliphatic rings. The highest BCUT2D eigenvalue weighted by molar-refractivity contribution is 6.28. The van der Waals surface area contributed by atoms with E-state index in [-0.39, 0.29) is 5.92 Å². The summed E-state index contributed by atoms with van der Waals surface area (Å²) in [7, 11) is 0. The fourth-order valence-electron chi connectivity index (χ4n) is 2.92. The molecular weight excluding hydrogens is 240 g/mol. The maximum Gasteiger partial charge on any atom is 0.214 e. The number of nitrogens with one attached hydrogen (secondary N) is 2. The highest BCUT2D eigenvalue weighted by atomic mass is 16.2. The summed E-state index contributed by atoms with van der Waals surface area (Å²) >= 11 is 0. The van der Waals surface area contributed by atoms with Crippen LogP contribution in [0.25, 0.3) is 0 Å². The van der Waals surface area contributed by atoms with Crippen molar-refractivity contribution in [1.29, 1.82) is 0 Å². The third kappa shape index (κ3) is 2.22. The Kier molecular flexibility index (Phi) is 3.83. The molecule has 19 heavy (non-hydrogen) atoms. The number of rotatable bonds is 4. The van der Waals surface area contributed by atoms with Gasteiger partial charge in [0.15, 0.2) is 6.29 Å². The minimum atomic E-state index is -0.522. The Labute approximate surface area is 113 Å². The van der Waals surface area contributed by atoms with Gasteiger partial charge in [-0.15, -0.1) is 0 Å². The molecule has 0 bridgehead atoms. The average molecular weight is 260 g/mol. The minimum absolute atomic E-state index is 0.180. The van der Waals surface area contributed by atoms with E-state index in [1.165, 1.54) is 5.56 Å². The lowest BCUT2D eigenvalue weighted by Crippen LogP contribution is -2.54. The zero-order valence-electron chi connectivity index (χ0n) is 11.6. The van der Waals surface area contributed by atoms with Crippen molar-refractivity contribution in [3.05, 3.63) is 35.4 Å². The number of ketones is 1. The van der Waals surface area contributed by atoms with Crippen molar-refractivity contribution < 1.29 is 9.59 Å². The number of benzene rings is 1. The predicted molar refractivity (Wildman–Crippen MR) is 73.7 cm³/mol. The molecule has 1 heterocycles. The zero-order valence-corrected chi connectivity index (χ0v) is 11.6. The molecule has 102 valence electrons. The van der Waals surface area contributed by atoms with Crippen LogP contribution in [0.4, 0.5) is 0 Å². The van der Waals surface area contributed by atoms with Crippen LogP contribution in [0.2, 0.25) is 0 Å². The maximum absolute atomic E-state index is 11.9. The molecule has 0 aliphatic carbocycles. The van der Waals surface area contributed by atoms with Gasteiger partial charge in [-0.05, 0) is 18.4 Å². The van der Waals surface area contributed by atoms with Crippen molar-refractivity contribution in [3.63, 3.8) is 0 Å². The first-order chi connectivity index (χ1) is 9.02. The van der Waals surface area contributed by atoms with Crippen LogP contribution >= 0.6 is 0 Å². The summed E-state index contributed by atoms with van der Waals surface area (Å²) in [5, 5.41) is 6.48. The highest BCUT2D eigenvalue weighted by Crippen LogP contribution is 2.36. The number of hydrogen-bond acceptors (Lipinski definition) is 4. The monoisotopic (exact) mass is 260 g/mol. The summed E-state index contributed by atoms with van der Waals surface area (Å²) in [6, 6.07) is 7.61. The molecule has 2 atom stereocenters. The summed E-state index contributed by atoms with van der Waals surface area (Å²) < 4.78 is 0. The standard InChI is InChI=1S/C15H20N2O2/c1-10(2)15(12-6-4-11(3)5-7-12)14(13(19)8-18)16-9-17-15/h4-8,10,14,16-17H,9H2,1-3H3. The van der Waals surface area contributed by atoms with Crippen LogP contribution in [0.1, 0.15) is 25.0 Å². The molecule has 0 radical (unpaired) electrons. The predicted octanol–water partition coefficient (Wildman–Crippen LogP) is 1.13. The molecule has 1 aliphatic heterocycles. The second-order valence-corrected chi connectivity index (χ2v) is 5.40. The van der Waals surface area contributed by atoms with Crippen molar-refractivity contribution in [1.82, 2.24) is 10.6 Å². The fourth-order valence-corrected chi connectivity index (χ4v) is 2.92. The average Bonchev–Trinajstić information content (AvgIpc) is 2.84. The molecule has 1 aromatic carbocycles. The summed E-state index contributed by atoms with van der Waals surface area (Å²) in [4.78, 5) is 22.8. The molecule has 2 N–H and O–H groups in total. The van der Waals surface area contributed by atoms with Gasteiger partial charge in [-0.1, -0.05) is 43.7 Å². The lowest BCUT2D eigenvalue weighted by Gasteiger charge is -2.38. The van der Waals surface area contributed by atoms with E-state index in [1.54, 1.807) is 0 Å². The van der Waals surface area contributed by atoms with E-state index >= 15 is 0 Å². The van der Waals surface area contributed by atoms with Gasteiger partial charge < -0.3 is 0 Å². The van der Waals surface area contributed by atoms with Gasteiger partial charge in [0.05, 0.1) is 11.6 Å². The van der Waals surface area contributed by atoms with Crippen LogP contribution < -0.4 is 10.6 Å². The summed E-state index contributed by atoms with van der Waals surface area (Å²) in [6.45, 7) is 6.67. The molecule has 4 heteroatoms. The van der Waals surface area contributed by atoms with Crippen molar-refractivity contribution in [3.8, 4) is 0 Å². The van der Waals surface area contributed by atoms with Gasteiger partial charge >= 0.3 is 0 Å². The van der Waals surface area contributed by atoms with Crippen LogP contribution in [-0.2, 0) is 15.1 Å². The summed E-state index contributed by atoms with van der Waals surface area (Å²) in [5.74, 6) is -0.224. The molecule has 0 spiro atoms. The quantitative estimate of drug-likeness (QED) is 0.629. The molecule has 0 aromatic heterocycles. The zero-order chi connectivity index (χ0) is 14.0. The van der Waals surface area contributed by atoms with Gasteiger partial charge in [-0.3, -0.25) is 20.2 Å². The molecule has 1 fully saturated rings. The van der Waals surface area contributed by atoms with Crippen LogP contribution in [0, 0.1) is 12.8 Å². The van der Waals surface area contributed by atoms with Crippen LogP contribution in [-0.4, -0.2) is 24.8 Å². The third-order valence-electron chi connectivity index (χ3n) is 3.98. The Bertz CT molecular complexity index is 481. The largest absolute Gasteiger partial charge is 0.295 e. The fraction of sp³-hybridized carbons (Fsp3) is 0.467. The smallest absolute Gasteiger partial charge is 0.214 e. The van der Waals surface area contributed by atoms with Crippen LogP contribution in [0.15, 0.2) is 24.3 Å². The van der Waals surface area contributed by atoms with Crippen molar-refractivity contribution in [2.45, 2.75) is 32.4 Å². The van der Waals surface area contributed by atoms with Crippen molar-refractivity contribution in [2.75, 3.05) is 6.67 Å². The van der Waals surface area contributed by atoms with Gasteiger partial charge in [-0.2, -0.15) is 0 Å². The highest BCUT2D eigenvalue weighted by Gasteiger charge is 2.49. The van der Waals surface area contributed by atoms with Crippen molar-refractivity contribution >= 4 is 12.1 Å². The molecule has 0 saturated carbocycles. The van der Waals surface area contributed by atoms with Crippen LogP contribution in [0.3, 0.4) is 0 Å². The number of aryl methyl sites for hydroxylation is 1. The molecule has 2 rings (SSSR count). The second-order valence-electron chi connectivity index (χ2n) is 5.40. The molecule has 1 saturated heterocycles. The number of hydrogen-bond donors (Lipinski definition) is 2. The van der Waals surface area contributed by atoms with Gasteiger partial charge in [0.25, 0.3) is 0 Å². The molecule has 0 amide bonds. The van der Waals surface area contributed by atoms with Crippen molar-refractivity contribution in [2.24, 2.45) is 5.92 Å². The normalized spacial score (nSPS) is 26.6. The number of carbonyl (C=O) groups is 2. The van der Waals surface area contributed by atoms with Gasteiger partial charge in [0.1, 0.15) is 0 Å². The number of aldehydes is 1. The van der Waals surface area contributed by atoms with E-state index in [2.05, 4.69) is 24.5 Å². The topological polar surface area (TPSA) is 58.2 Å².